The number of hydrogen-bond acceptors (Lipinski definition) is 5. The standard InChI is InChI=1S/C29H36FN3O6/c1-18(9-6-4-3-5-7-11-20-14-29(20,2)27(36)37)26(35)33-16-21(13-24(33)25(31)34)39-28(38)32-15-19-10-8-12-23(30)22(19)17-32/h7-8,10-12,20-21,24H,1,3-6,9,13-17H2,2H3,(H2,31,34)(H,36,37)/b11-7-/t20?,21-,24?,29+/m1/s1. The molecule has 2 unspecified atom stereocenters. The molecule has 4 rings (SSSR count). The van der Waals surface area contributed by atoms with Crippen molar-refractivity contribution in [2.75, 3.05) is 6.54 Å². The summed E-state index contributed by atoms with van der Waals surface area (Å²) in [4.78, 5) is 51.8. The number of halogens is 1. The van der Waals surface area contributed by atoms with Gasteiger partial charge in [0.25, 0.3) is 0 Å². The number of carbonyl (C=O) groups is 4. The SMILES string of the molecule is C=C(CCCCC/C=C\C1C[C@]1(C)C(=O)O)C(=O)N1C[C@H](OC(=O)N2Cc3cccc(F)c3C2)CC1C(N)=O. The van der Waals surface area contributed by atoms with E-state index >= 15 is 0 Å². The van der Waals surface area contributed by atoms with Crippen molar-refractivity contribution in [1.82, 2.24) is 9.80 Å². The van der Waals surface area contributed by atoms with Crippen molar-refractivity contribution in [3.63, 3.8) is 0 Å². The van der Waals surface area contributed by atoms with Crippen LogP contribution >= 0.6 is 0 Å². The summed E-state index contributed by atoms with van der Waals surface area (Å²) < 4.78 is 19.6. The number of ether oxygens (including phenoxy) is 1. The van der Waals surface area contributed by atoms with Crippen molar-refractivity contribution < 1.29 is 33.4 Å². The monoisotopic (exact) mass is 541 g/mol. The Kier molecular flexibility index (Phi) is 8.42. The topological polar surface area (TPSA) is 130 Å². The van der Waals surface area contributed by atoms with E-state index in [1.54, 1.807) is 19.1 Å². The number of primary amides is 1. The number of likely N-dealkylation sites (tertiary alicyclic amines) is 1. The molecule has 1 aromatic carbocycles. The highest BCUT2D eigenvalue weighted by atomic mass is 19.1. The van der Waals surface area contributed by atoms with Gasteiger partial charge in [0.05, 0.1) is 18.5 Å². The number of rotatable bonds is 11. The molecule has 39 heavy (non-hydrogen) atoms. The minimum atomic E-state index is -0.899. The minimum absolute atomic E-state index is 0.0353. The second-order valence-corrected chi connectivity index (χ2v) is 11.0. The van der Waals surface area contributed by atoms with Gasteiger partial charge in [0.15, 0.2) is 0 Å². The van der Waals surface area contributed by atoms with Crippen LogP contribution < -0.4 is 5.73 Å². The van der Waals surface area contributed by atoms with Crippen LogP contribution in [0.1, 0.15) is 63.0 Å². The van der Waals surface area contributed by atoms with E-state index in [2.05, 4.69) is 6.58 Å². The van der Waals surface area contributed by atoms with Gasteiger partial charge >= 0.3 is 12.1 Å². The van der Waals surface area contributed by atoms with Crippen molar-refractivity contribution in [1.29, 1.82) is 0 Å². The first-order chi connectivity index (χ1) is 18.5. The van der Waals surface area contributed by atoms with Crippen LogP contribution in [0.3, 0.4) is 0 Å². The van der Waals surface area contributed by atoms with Crippen LogP contribution in [0.4, 0.5) is 9.18 Å². The zero-order chi connectivity index (χ0) is 28.3. The molecule has 0 aromatic heterocycles. The van der Waals surface area contributed by atoms with Crippen LogP contribution in [0.5, 0.6) is 0 Å². The number of benzene rings is 1. The highest BCUT2D eigenvalue weighted by molar-refractivity contribution is 5.96. The second-order valence-electron chi connectivity index (χ2n) is 11.0. The molecule has 2 aliphatic heterocycles. The van der Waals surface area contributed by atoms with Crippen LogP contribution in [0.2, 0.25) is 0 Å². The third-order valence-electron chi connectivity index (χ3n) is 8.11. The number of carbonyl (C=O) groups excluding carboxylic acids is 3. The van der Waals surface area contributed by atoms with Crippen LogP contribution in [0.15, 0.2) is 42.5 Å². The summed E-state index contributed by atoms with van der Waals surface area (Å²) in [7, 11) is 0. The Labute approximate surface area is 227 Å². The lowest BCUT2D eigenvalue weighted by Crippen LogP contribution is -2.44. The van der Waals surface area contributed by atoms with Crippen molar-refractivity contribution in [3.8, 4) is 0 Å². The largest absolute Gasteiger partial charge is 0.481 e. The molecule has 1 aromatic rings. The van der Waals surface area contributed by atoms with Crippen LogP contribution in [-0.4, -0.2) is 57.5 Å². The summed E-state index contributed by atoms with van der Waals surface area (Å²) in [5.41, 5.74) is 6.48. The number of nitrogens with zero attached hydrogens (tertiary/aromatic N) is 2. The molecule has 4 atom stereocenters. The van der Waals surface area contributed by atoms with E-state index in [9.17, 15) is 28.7 Å². The molecule has 1 aliphatic carbocycles. The number of fused-ring (bicyclic) bond motifs is 1. The lowest BCUT2D eigenvalue weighted by Gasteiger charge is -2.23. The highest BCUT2D eigenvalue weighted by Crippen LogP contribution is 2.53. The lowest BCUT2D eigenvalue weighted by molar-refractivity contribution is -0.143. The van der Waals surface area contributed by atoms with Crippen molar-refractivity contribution in [3.05, 3.63) is 59.4 Å². The predicted molar refractivity (Wildman–Crippen MR) is 140 cm³/mol. The second kappa shape index (κ2) is 11.6. The molecule has 9 nitrogen and oxygen atoms in total. The molecular formula is C29H36FN3O6. The maximum Gasteiger partial charge on any atom is 0.410 e. The summed E-state index contributed by atoms with van der Waals surface area (Å²) in [6, 6.07) is 3.81. The van der Waals surface area contributed by atoms with E-state index < -0.39 is 35.5 Å². The Bertz CT molecular complexity index is 1200. The number of hydrogen-bond donors (Lipinski definition) is 2. The Morgan fingerprint density at radius 1 is 1.23 bits per heavy atom. The summed E-state index contributed by atoms with van der Waals surface area (Å²) in [5, 5.41) is 9.18. The number of aliphatic carboxylic acids is 1. The summed E-state index contributed by atoms with van der Waals surface area (Å²) >= 11 is 0. The molecule has 3 amide bonds. The predicted octanol–water partition coefficient (Wildman–Crippen LogP) is 3.91. The quantitative estimate of drug-likeness (QED) is 0.248. The van der Waals surface area contributed by atoms with Gasteiger partial charge in [0.1, 0.15) is 18.0 Å². The average Bonchev–Trinajstić information content (AvgIpc) is 3.22. The molecule has 0 radical (unpaired) electrons. The molecule has 0 spiro atoms. The Balaban J connectivity index is 1.20. The fourth-order valence-corrected chi connectivity index (χ4v) is 5.38. The molecule has 1 saturated carbocycles. The number of allylic oxidation sites excluding steroid dienone is 2. The number of carboxylic acids is 1. The normalized spacial score (nSPS) is 25.5. The highest BCUT2D eigenvalue weighted by Gasteiger charge is 2.54. The number of carboxylic acid groups (broad SMARTS) is 1. The number of amides is 3. The van der Waals surface area contributed by atoms with Crippen LogP contribution in [-0.2, 0) is 32.2 Å². The van der Waals surface area contributed by atoms with E-state index in [-0.39, 0.29) is 43.7 Å². The van der Waals surface area contributed by atoms with Crippen molar-refractivity contribution in [2.45, 2.75) is 77.1 Å². The Hall–Kier alpha value is -3.69. The van der Waals surface area contributed by atoms with Gasteiger partial charge in [-0.15, -0.1) is 0 Å². The third-order valence-corrected chi connectivity index (χ3v) is 8.11. The zero-order valence-corrected chi connectivity index (χ0v) is 22.2. The van der Waals surface area contributed by atoms with Gasteiger partial charge < -0.3 is 20.5 Å². The van der Waals surface area contributed by atoms with Crippen molar-refractivity contribution >= 4 is 23.9 Å². The van der Waals surface area contributed by atoms with Crippen LogP contribution in [0, 0.1) is 17.2 Å². The van der Waals surface area contributed by atoms with Gasteiger partial charge in [-0.2, -0.15) is 0 Å². The van der Waals surface area contributed by atoms with E-state index in [0.29, 0.717) is 24.0 Å². The lowest BCUT2D eigenvalue weighted by atomic mass is 10.0. The van der Waals surface area contributed by atoms with Gasteiger partial charge in [-0.3, -0.25) is 19.3 Å². The first-order valence-electron chi connectivity index (χ1n) is 13.4. The van der Waals surface area contributed by atoms with Crippen LogP contribution in [0.25, 0.3) is 0 Å². The van der Waals surface area contributed by atoms with Crippen molar-refractivity contribution in [2.24, 2.45) is 17.1 Å². The van der Waals surface area contributed by atoms with Gasteiger partial charge in [0, 0.05) is 24.1 Å². The van der Waals surface area contributed by atoms with Gasteiger partial charge in [-0.25, -0.2) is 9.18 Å². The maximum atomic E-state index is 14.0. The fraction of sp³-hybridized carbons (Fsp3) is 0.517. The molecule has 1 saturated heterocycles. The summed E-state index contributed by atoms with van der Waals surface area (Å²) in [6.07, 6.45) is 7.28. The zero-order valence-electron chi connectivity index (χ0n) is 22.2. The summed E-state index contributed by atoms with van der Waals surface area (Å²) in [5.74, 6) is -2.08. The molecule has 3 N–H and O–H groups in total. The van der Waals surface area contributed by atoms with Gasteiger partial charge in [-0.1, -0.05) is 37.3 Å². The first kappa shape index (κ1) is 28.3. The average molecular weight is 542 g/mol. The first-order valence-corrected chi connectivity index (χ1v) is 13.4. The van der Waals surface area contributed by atoms with E-state index in [1.807, 2.05) is 12.2 Å². The van der Waals surface area contributed by atoms with Gasteiger partial charge in [-0.05, 0) is 56.6 Å². The maximum absolute atomic E-state index is 14.0. The van der Waals surface area contributed by atoms with Gasteiger partial charge in [0.2, 0.25) is 11.8 Å². The molecule has 3 aliphatic rings. The smallest absolute Gasteiger partial charge is 0.410 e. The molecular weight excluding hydrogens is 505 g/mol. The minimum Gasteiger partial charge on any atom is -0.481 e. The molecule has 210 valence electrons. The molecule has 2 fully saturated rings. The Morgan fingerprint density at radius 3 is 2.67 bits per heavy atom. The van der Waals surface area contributed by atoms with E-state index in [1.165, 1.54) is 15.9 Å². The molecule has 0 bridgehead atoms. The number of unbranched alkanes of at least 4 members (excludes halogenated alkanes) is 3. The van der Waals surface area contributed by atoms with E-state index in [0.717, 1.165) is 31.2 Å². The molecule has 10 heteroatoms. The fourth-order valence-electron chi connectivity index (χ4n) is 5.38. The third kappa shape index (κ3) is 6.32. The molecule has 2 heterocycles. The van der Waals surface area contributed by atoms with E-state index in [4.69, 9.17) is 10.5 Å². The Morgan fingerprint density at radius 2 is 2.00 bits per heavy atom. The summed E-state index contributed by atoms with van der Waals surface area (Å²) in [6.45, 7) is 6.04. The number of nitrogens with two attached hydrogens (primary N) is 1.